The minimum absolute atomic E-state index is 0.0823. The molecule has 1 aromatic heterocycles. The SMILES string of the molecule is Cc1nc2c(c(=O)[nH]1)CCN(Cc1cc(F)cc(F)c1)CC2. The molecule has 0 fully saturated rings. The molecule has 2 heterocycles. The zero-order valence-corrected chi connectivity index (χ0v) is 12.3. The van der Waals surface area contributed by atoms with Crippen LogP contribution in [0, 0.1) is 18.6 Å². The molecule has 2 aromatic rings. The van der Waals surface area contributed by atoms with E-state index in [1.165, 1.54) is 12.1 Å². The van der Waals surface area contributed by atoms with E-state index in [0.717, 1.165) is 17.3 Å². The lowest BCUT2D eigenvalue weighted by Gasteiger charge is -2.19. The van der Waals surface area contributed by atoms with Crippen LogP contribution in [0.5, 0.6) is 0 Å². The second-order valence-corrected chi connectivity index (χ2v) is 5.63. The van der Waals surface area contributed by atoms with Crippen molar-refractivity contribution >= 4 is 0 Å². The largest absolute Gasteiger partial charge is 0.311 e. The Balaban J connectivity index is 1.77. The van der Waals surface area contributed by atoms with Gasteiger partial charge in [0.05, 0.1) is 5.69 Å². The maximum absolute atomic E-state index is 13.3. The maximum atomic E-state index is 13.3. The third-order valence-corrected chi connectivity index (χ3v) is 3.89. The van der Waals surface area contributed by atoms with Crippen LogP contribution in [0.3, 0.4) is 0 Å². The Labute approximate surface area is 126 Å². The summed E-state index contributed by atoms with van der Waals surface area (Å²) in [6.45, 7) is 3.60. The Morgan fingerprint density at radius 2 is 1.86 bits per heavy atom. The predicted molar refractivity (Wildman–Crippen MR) is 78.6 cm³/mol. The van der Waals surface area contributed by atoms with Crippen molar-refractivity contribution in [2.24, 2.45) is 0 Å². The molecular formula is C16H17F2N3O. The molecule has 0 aliphatic carbocycles. The summed E-state index contributed by atoms with van der Waals surface area (Å²) in [5.41, 5.74) is 2.07. The third-order valence-electron chi connectivity index (χ3n) is 3.89. The highest BCUT2D eigenvalue weighted by Crippen LogP contribution is 2.15. The Kier molecular flexibility index (Phi) is 4.02. The van der Waals surface area contributed by atoms with Crippen LogP contribution in [-0.4, -0.2) is 28.0 Å². The lowest BCUT2D eigenvalue weighted by molar-refractivity contribution is 0.278. The number of nitrogens with one attached hydrogen (secondary N) is 1. The van der Waals surface area contributed by atoms with Gasteiger partial charge in [0.2, 0.25) is 0 Å². The monoisotopic (exact) mass is 305 g/mol. The van der Waals surface area contributed by atoms with Gasteiger partial charge in [-0.15, -0.1) is 0 Å². The van der Waals surface area contributed by atoms with Crippen molar-refractivity contribution in [3.8, 4) is 0 Å². The van der Waals surface area contributed by atoms with Crippen LogP contribution in [0.15, 0.2) is 23.0 Å². The van der Waals surface area contributed by atoms with Crippen LogP contribution in [-0.2, 0) is 19.4 Å². The standard InChI is InChI=1S/C16H17F2N3O/c1-10-19-15-3-5-21(4-2-14(15)16(22)20-10)9-11-6-12(17)8-13(18)7-11/h6-8H,2-5,9H2,1H3,(H,19,20,22). The maximum Gasteiger partial charge on any atom is 0.254 e. The normalized spacial score (nSPS) is 15.4. The lowest BCUT2D eigenvalue weighted by Crippen LogP contribution is -2.26. The minimum Gasteiger partial charge on any atom is -0.311 e. The van der Waals surface area contributed by atoms with Gasteiger partial charge in [-0.25, -0.2) is 13.8 Å². The molecule has 1 aliphatic heterocycles. The molecular weight excluding hydrogens is 288 g/mol. The molecule has 0 saturated carbocycles. The van der Waals surface area contributed by atoms with Crippen molar-refractivity contribution in [1.82, 2.24) is 14.9 Å². The average molecular weight is 305 g/mol. The van der Waals surface area contributed by atoms with Crippen molar-refractivity contribution in [3.05, 3.63) is 62.8 Å². The number of benzene rings is 1. The fraction of sp³-hybridized carbons (Fsp3) is 0.375. The summed E-state index contributed by atoms with van der Waals surface area (Å²) in [5, 5.41) is 0. The average Bonchev–Trinajstić information content (AvgIpc) is 2.60. The molecule has 1 aromatic carbocycles. The Morgan fingerprint density at radius 3 is 2.59 bits per heavy atom. The van der Waals surface area contributed by atoms with Crippen molar-refractivity contribution in [2.75, 3.05) is 13.1 Å². The predicted octanol–water partition coefficient (Wildman–Crippen LogP) is 1.96. The Bertz CT molecular complexity index is 737. The van der Waals surface area contributed by atoms with Crippen molar-refractivity contribution < 1.29 is 8.78 Å². The van der Waals surface area contributed by atoms with E-state index in [2.05, 4.69) is 14.9 Å². The van der Waals surface area contributed by atoms with E-state index in [9.17, 15) is 13.6 Å². The summed E-state index contributed by atoms with van der Waals surface area (Å²) < 4.78 is 26.5. The van der Waals surface area contributed by atoms with Crippen LogP contribution in [0.25, 0.3) is 0 Å². The van der Waals surface area contributed by atoms with E-state index in [1.807, 2.05) is 0 Å². The molecule has 0 bridgehead atoms. The molecule has 4 nitrogen and oxygen atoms in total. The molecule has 0 unspecified atom stereocenters. The van der Waals surface area contributed by atoms with E-state index in [0.29, 0.717) is 43.9 Å². The second-order valence-electron chi connectivity index (χ2n) is 5.63. The van der Waals surface area contributed by atoms with Gasteiger partial charge in [-0.05, 0) is 31.0 Å². The first-order valence-corrected chi connectivity index (χ1v) is 7.27. The fourth-order valence-electron chi connectivity index (χ4n) is 2.90. The molecule has 0 atom stereocenters. The molecule has 0 saturated heterocycles. The minimum atomic E-state index is -0.568. The second kappa shape index (κ2) is 5.96. The van der Waals surface area contributed by atoms with Crippen LogP contribution in [0.1, 0.15) is 22.6 Å². The number of fused-ring (bicyclic) bond motifs is 1. The van der Waals surface area contributed by atoms with Gasteiger partial charge >= 0.3 is 0 Å². The number of aryl methyl sites for hydroxylation is 1. The molecule has 0 amide bonds. The van der Waals surface area contributed by atoms with Gasteiger partial charge in [0, 0.05) is 37.7 Å². The van der Waals surface area contributed by atoms with E-state index >= 15 is 0 Å². The van der Waals surface area contributed by atoms with Crippen LogP contribution < -0.4 is 5.56 Å². The van der Waals surface area contributed by atoms with Gasteiger partial charge in [-0.2, -0.15) is 0 Å². The summed E-state index contributed by atoms with van der Waals surface area (Å²) in [5.74, 6) is -0.520. The van der Waals surface area contributed by atoms with E-state index < -0.39 is 11.6 Å². The number of rotatable bonds is 2. The van der Waals surface area contributed by atoms with E-state index in [-0.39, 0.29) is 5.56 Å². The van der Waals surface area contributed by atoms with Crippen LogP contribution in [0.2, 0.25) is 0 Å². The molecule has 0 radical (unpaired) electrons. The van der Waals surface area contributed by atoms with Gasteiger partial charge in [0.25, 0.3) is 5.56 Å². The number of aromatic nitrogens is 2. The Morgan fingerprint density at radius 1 is 1.18 bits per heavy atom. The number of aromatic amines is 1. The molecule has 22 heavy (non-hydrogen) atoms. The van der Waals surface area contributed by atoms with Crippen molar-refractivity contribution in [2.45, 2.75) is 26.3 Å². The molecule has 6 heteroatoms. The van der Waals surface area contributed by atoms with Crippen molar-refractivity contribution in [1.29, 1.82) is 0 Å². The highest BCUT2D eigenvalue weighted by molar-refractivity contribution is 5.21. The summed E-state index contributed by atoms with van der Waals surface area (Å²) in [6, 6.07) is 3.56. The molecule has 0 spiro atoms. The number of hydrogen-bond acceptors (Lipinski definition) is 3. The highest BCUT2D eigenvalue weighted by Gasteiger charge is 2.18. The first kappa shape index (κ1) is 14.8. The number of nitrogens with zero attached hydrogens (tertiary/aromatic N) is 2. The molecule has 1 N–H and O–H groups in total. The van der Waals surface area contributed by atoms with Gasteiger partial charge in [-0.3, -0.25) is 9.69 Å². The van der Waals surface area contributed by atoms with E-state index in [1.54, 1.807) is 6.92 Å². The van der Waals surface area contributed by atoms with Crippen molar-refractivity contribution in [3.63, 3.8) is 0 Å². The molecule has 1 aliphatic rings. The lowest BCUT2D eigenvalue weighted by atomic mass is 10.1. The molecule has 116 valence electrons. The summed E-state index contributed by atoms with van der Waals surface area (Å²) in [4.78, 5) is 21.2. The van der Waals surface area contributed by atoms with Gasteiger partial charge in [0.15, 0.2) is 0 Å². The first-order valence-electron chi connectivity index (χ1n) is 7.27. The van der Waals surface area contributed by atoms with Gasteiger partial charge < -0.3 is 4.98 Å². The smallest absolute Gasteiger partial charge is 0.254 e. The first-order chi connectivity index (χ1) is 10.5. The fourth-order valence-corrected chi connectivity index (χ4v) is 2.90. The zero-order valence-electron chi connectivity index (χ0n) is 12.3. The van der Waals surface area contributed by atoms with Crippen LogP contribution >= 0.6 is 0 Å². The number of H-pyrrole nitrogens is 1. The summed E-state index contributed by atoms with van der Waals surface area (Å²) >= 11 is 0. The summed E-state index contributed by atoms with van der Waals surface area (Å²) in [6.07, 6.45) is 1.26. The summed E-state index contributed by atoms with van der Waals surface area (Å²) in [7, 11) is 0. The number of hydrogen-bond donors (Lipinski definition) is 1. The van der Waals surface area contributed by atoms with Gasteiger partial charge in [0.1, 0.15) is 17.5 Å². The zero-order chi connectivity index (χ0) is 15.7. The van der Waals surface area contributed by atoms with Gasteiger partial charge in [-0.1, -0.05) is 0 Å². The van der Waals surface area contributed by atoms with E-state index in [4.69, 9.17) is 0 Å². The quantitative estimate of drug-likeness (QED) is 0.922. The highest BCUT2D eigenvalue weighted by atomic mass is 19.1. The Hall–Kier alpha value is -2.08. The van der Waals surface area contributed by atoms with Crippen LogP contribution in [0.4, 0.5) is 8.78 Å². The topological polar surface area (TPSA) is 49.0 Å². The number of halogens is 2. The third kappa shape index (κ3) is 3.22. The molecule has 3 rings (SSSR count).